The average Bonchev–Trinajstić information content (AvgIpc) is 3.12. The lowest BCUT2D eigenvalue weighted by Crippen LogP contribution is -2.05. The van der Waals surface area contributed by atoms with Gasteiger partial charge in [0.1, 0.15) is 11.5 Å². The van der Waals surface area contributed by atoms with Crippen molar-refractivity contribution in [3.05, 3.63) is 76.0 Å². The van der Waals surface area contributed by atoms with Crippen molar-refractivity contribution in [3.63, 3.8) is 0 Å². The summed E-state index contributed by atoms with van der Waals surface area (Å²) in [6.45, 7) is 4.78. The summed E-state index contributed by atoms with van der Waals surface area (Å²) in [5.74, 6) is 1.38. The summed E-state index contributed by atoms with van der Waals surface area (Å²) in [5.41, 5.74) is 3.68. The summed E-state index contributed by atoms with van der Waals surface area (Å²) in [7, 11) is 0. The minimum Gasteiger partial charge on any atom is -0.462 e. The molecule has 134 valence electrons. The third kappa shape index (κ3) is 4.35. The number of anilines is 1. The lowest BCUT2D eigenvalue weighted by Gasteiger charge is -2.06. The first-order valence-electron chi connectivity index (χ1n) is 8.43. The van der Waals surface area contributed by atoms with Gasteiger partial charge in [0.2, 0.25) is 0 Å². The molecule has 0 aliphatic rings. The molecule has 0 aliphatic heterocycles. The van der Waals surface area contributed by atoms with E-state index in [-0.39, 0.29) is 5.97 Å². The van der Waals surface area contributed by atoms with E-state index in [4.69, 9.17) is 9.15 Å². The molecule has 0 saturated heterocycles. The summed E-state index contributed by atoms with van der Waals surface area (Å²) in [6, 6.07) is 17.3. The van der Waals surface area contributed by atoms with Crippen LogP contribution in [0.4, 0.5) is 5.69 Å². The number of esters is 1. The number of aryl methyl sites for hydroxylation is 1. The molecular formula is C21H20BrNO3. The molecule has 2 aromatic carbocycles. The van der Waals surface area contributed by atoms with Gasteiger partial charge in [0, 0.05) is 15.7 Å². The Bertz CT molecular complexity index is 900. The first-order valence-corrected chi connectivity index (χ1v) is 9.22. The first-order chi connectivity index (χ1) is 12.6. The van der Waals surface area contributed by atoms with Crippen LogP contribution in [0.5, 0.6) is 0 Å². The molecule has 3 rings (SSSR count). The van der Waals surface area contributed by atoms with Crippen molar-refractivity contribution in [2.75, 3.05) is 11.9 Å². The fraction of sp³-hybridized carbons (Fsp3) is 0.190. The van der Waals surface area contributed by atoms with E-state index in [0.717, 1.165) is 27.2 Å². The molecule has 0 amide bonds. The summed E-state index contributed by atoms with van der Waals surface area (Å²) < 4.78 is 12.0. The zero-order chi connectivity index (χ0) is 18.5. The number of hydrogen-bond acceptors (Lipinski definition) is 4. The van der Waals surface area contributed by atoms with Crippen molar-refractivity contribution in [2.45, 2.75) is 20.4 Å². The van der Waals surface area contributed by atoms with Gasteiger partial charge in [0.25, 0.3) is 0 Å². The maximum Gasteiger partial charge on any atom is 0.338 e. The van der Waals surface area contributed by atoms with Gasteiger partial charge in [-0.25, -0.2) is 4.79 Å². The predicted octanol–water partition coefficient (Wildman–Crippen LogP) is 5.81. The van der Waals surface area contributed by atoms with Gasteiger partial charge in [0.05, 0.1) is 18.7 Å². The largest absolute Gasteiger partial charge is 0.462 e. The molecular weight excluding hydrogens is 394 g/mol. The van der Waals surface area contributed by atoms with Crippen molar-refractivity contribution >= 4 is 27.6 Å². The predicted molar refractivity (Wildman–Crippen MR) is 106 cm³/mol. The lowest BCUT2D eigenvalue weighted by molar-refractivity contribution is 0.0526. The van der Waals surface area contributed by atoms with Crippen molar-refractivity contribution in [1.29, 1.82) is 0 Å². The Morgan fingerprint density at radius 3 is 2.58 bits per heavy atom. The highest BCUT2D eigenvalue weighted by atomic mass is 79.9. The number of carbonyl (C=O) groups is 1. The second kappa shape index (κ2) is 8.23. The lowest BCUT2D eigenvalue weighted by atomic mass is 10.1. The van der Waals surface area contributed by atoms with E-state index in [1.165, 1.54) is 5.56 Å². The average molecular weight is 414 g/mol. The zero-order valence-corrected chi connectivity index (χ0v) is 16.3. The topological polar surface area (TPSA) is 51.5 Å². The summed E-state index contributed by atoms with van der Waals surface area (Å²) in [4.78, 5) is 11.7. The van der Waals surface area contributed by atoms with Crippen molar-refractivity contribution in [3.8, 4) is 11.3 Å². The Balaban J connectivity index is 1.63. The third-order valence-corrected chi connectivity index (χ3v) is 4.86. The number of halogens is 1. The van der Waals surface area contributed by atoms with Gasteiger partial charge in [-0.3, -0.25) is 0 Å². The van der Waals surface area contributed by atoms with Crippen LogP contribution < -0.4 is 5.32 Å². The van der Waals surface area contributed by atoms with E-state index in [2.05, 4.69) is 34.2 Å². The molecule has 0 fully saturated rings. The highest BCUT2D eigenvalue weighted by Crippen LogP contribution is 2.27. The fourth-order valence-corrected chi connectivity index (χ4v) is 2.80. The van der Waals surface area contributed by atoms with E-state index in [9.17, 15) is 4.79 Å². The molecule has 1 heterocycles. The van der Waals surface area contributed by atoms with Gasteiger partial charge in [-0.2, -0.15) is 0 Å². The van der Waals surface area contributed by atoms with E-state index >= 15 is 0 Å². The van der Waals surface area contributed by atoms with Gasteiger partial charge < -0.3 is 14.5 Å². The SMILES string of the molecule is CCOC(=O)c1ccc(NCc2ccc(-c3ccc(Br)c(C)c3)o2)cc1. The fourth-order valence-electron chi connectivity index (χ4n) is 2.55. The van der Waals surface area contributed by atoms with Gasteiger partial charge in [-0.05, 0) is 67.9 Å². The quantitative estimate of drug-likeness (QED) is 0.518. The molecule has 5 heteroatoms. The van der Waals surface area contributed by atoms with Crippen LogP contribution in [-0.2, 0) is 11.3 Å². The molecule has 0 saturated carbocycles. The molecule has 0 bridgehead atoms. The summed E-state index contributed by atoms with van der Waals surface area (Å²) in [6.07, 6.45) is 0. The van der Waals surface area contributed by atoms with Crippen LogP contribution in [-0.4, -0.2) is 12.6 Å². The number of nitrogens with one attached hydrogen (secondary N) is 1. The summed E-state index contributed by atoms with van der Waals surface area (Å²) >= 11 is 3.51. The number of furan rings is 1. The van der Waals surface area contributed by atoms with Crippen LogP contribution in [0.25, 0.3) is 11.3 Å². The normalized spacial score (nSPS) is 10.6. The van der Waals surface area contributed by atoms with Crippen LogP contribution in [0.1, 0.15) is 28.6 Å². The van der Waals surface area contributed by atoms with Crippen LogP contribution in [0.3, 0.4) is 0 Å². The van der Waals surface area contributed by atoms with Crippen LogP contribution in [0, 0.1) is 6.92 Å². The first kappa shape index (κ1) is 18.3. The third-order valence-electron chi connectivity index (χ3n) is 3.97. The van der Waals surface area contributed by atoms with E-state index in [1.807, 2.05) is 36.4 Å². The Morgan fingerprint density at radius 1 is 1.12 bits per heavy atom. The van der Waals surface area contributed by atoms with Crippen LogP contribution in [0.2, 0.25) is 0 Å². The summed E-state index contributed by atoms with van der Waals surface area (Å²) in [5, 5.41) is 3.29. The molecule has 26 heavy (non-hydrogen) atoms. The van der Waals surface area contributed by atoms with Crippen molar-refractivity contribution < 1.29 is 13.9 Å². The van der Waals surface area contributed by atoms with Crippen LogP contribution >= 0.6 is 15.9 Å². The molecule has 4 nitrogen and oxygen atoms in total. The Morgan fingerprint density at radius 2 is 1.88 bits per heavy atom. The standard InChI is InChI=1S/C21H20BrNO3/c1-3-25-21(24)15-4-7-17(8-5-15)23-13-18-9-11-20(26-18)16-6-10-19(22)14(2)12-16/h4-12,23H,3,13H2,1-2H3. The Hall–Kier alpha value is -2.53. The molecule has 0 aliphatic carbocycles. The smallest absolute Gasteiger partial charge is 0.338 e. The maximum atomic E-state index is 11.7. The van der Waals surface area contributed by atoms with Gasteiger partial charge in [0.15, 0.2) is 0 Å². The van der Waals surface area contributed by atoms with Gasteiger partial charge in [-0.1, -0.05) is 22.0 Å². The number of hydrogen-bond donors (Lipinski definition) is 1. The van der Waals surface area contributed by atoms with Crippen LogP contribution in [0.15, 0.2) is 63.5 Å². The van der Waals surface area contributed by atoms with E-state index < -0.39 is 0 Å². The minimum absolute atomic E-state index is 0.306. The second-order valence-corrected chi connectivity index (χ2v) is 6.74. The molecule has 0 unspecified atom stereocenters. The Labute approximate surface area is 161 Å². The number of ether oxygens (including phenoxy) is 1. The van der Waals surface area contributed by atoms with Gasteiger partial charge in [-0.15, -0.1) is 0 Å². The number of benzene rings is 2. The molecule has 0 radical (unpaired) electrons. The monoisotopic (exact) mass is 413 g/mol. The Kier molecular flexibility index (Phi) is 5.78. The highest BCUT2D eigenvalue weighted by molar-refractivity contribution is 9.10. The molecule has 1 aromatic heterocycles. The van der Waals surface area contributed by atoms with Crippen molar-refractivity contribution in [2.24, 2.45) is 0 Å². The zero-order valence-electron chi connectivity index (χ0n) is 14.7. The van der Waals surface area contributed by atoms with Crippen molar-refractivity contribution in [1.82, 2.24) is 0 Å². The van der Waals surface area contributed by atoms with E-state index in [1.54, 1.807) is 19.1 Å². The molecule has 1 N–H and O–H groups in total. The molecule has 0 atom stereocenters. The number of rotatable bonds is 6. The number of carbonyl (C=O) groups excluding carboxylic acids is 1. The second-order valence-electron chi connectivity index (χ2n) is 5.88. The minimum atomic E-state index is -0.306. The molecule has 3 aromatic rings. The maximum absolute atomic E-state index is 11.7. The highest BCUT2D eigenvalue weighted by Gasteiger charge is 2.08. The molecule has 0 spiro atoms. The van der Waals surface area contributed by atoms with Gasteiger partial charge >= 0.3 is 5.97 Å². The van der Waals surface area contributed by atoms with E-state index in [0.29, 0.717) is 18.7 Å².